The van der Waals surface area contributed by atoms with Crippen molar-refractivity contribution >= 4 is 34.1 Å². The molecule has 3 heterocycles. The monoisotopic (exact) mass is 439 g/mol. The fraction of sp³-hybridized carbons (Fsp3) is 0.375. The van der Waals surface area contributed by atoms with E-state index in [1.165, 1.54) is 10.9 Å². The van der Waals surface area contributed by atoms with Crippen molar-refractivity contribution in [2.75, 3.05) is 24.6 Å². The van der Waals surface area contributed by atoms with Crippen molar-refractivity contribution in [3.05, 3.63) is 53.7 Å². The second-order valence-corrected chi connectivity index (χ2v) is 8.79. The van der Waals surface area contributed by atoms with Crippen LogP contribution in [0.4, 0.5) is 5.69 Å². The lowest BCUT2D eigenvalue weighted by Gasteiger charge is -2.36. The summed E-state index contributed by atoms with van der Waals surface area (Å²) >= 11 is 6.18. The van der Waals surface area contributed by atoms with E-state index in [1.54, 1.807) is 0 Å². The molecule has 1 atom stereocenters. The number of nitrogens with two attached hydrogens (primary N) is 1. The normalized spacial score (nSPS) is 19.0. The quantitative estimate of drug-likeness (QED) is 0.646. The van der Waals surface area contributed by atoms with Crippen molar-refractivity contribution in [3.8, 4) is 11.5 Å². The van der Waals surface area contributed by atoms with E-state index in [-0.39, 0.29) is 6.61 Å². The van der Waals surface area contributed by atoms with Gasteiger partial charge in [-0.1, -0.05) is 23.7 Å². The summed E-state index contributed by atoms with van der Waals surface area (Å²) in [5, 5.41) is 2.01. The van der Waals surface area contributed by atoms with Crippen molar-refractivity contribution in [2.45, 2.75) is 31.9 Å². The van der Waals surface area contributed by atoms with Crippen molar-refractivity contribution in [1.29, 1.82) is 0 Å². The molecule has 2 aromatic carbocycles. The summed E-state index contributed by atoms with van der Waals surface area (Å²) in [6.45, 7) is 3.11. The summed E-state index contributed by atoms with van der Waals surface area (Å²) in [6.07, 6.45) is 4.84. The maximum atomic E-state index is 11.4. The molecule has 5 rings (SSSR count). The number of halogens is 1. The number of hydrogen-bond acceptors (Lipinski definition) is 4. The minimum absolute atomic E-state index is 0.157. The Hall–Kier alpha value is -2.86. The first kappa shape index (κ1) is 20.1. The fourth-order valence-corrected chi connectivity index (χ4v) is 4.78. The van der Waals surface area contributed by atoms with Gasteiger partial charge in [-0.25, -0.2) is 0 Å². The molecule has 0 aliphatic carbocycles. The first-order valence-electron chi connectivity index (χ1n) is 10.8. The van der Waals surface area contributed by atoms with Gasteiger partial charge in [0.15, 0.2) is 11.5 Å². The Kier molecular flexibility index (Phi) is 5.40. The molecule has 2 aliphatic rings. The number of anilines is 1. The molecule has 1 saturated heterocycles. The van der Waals surface area contributed by atoms with Gasteiger partial charge in [0.2, 0.25) is 6.10 Å². The second kappa shape index (κ2) is 8.35. The number of carbonyl (C=O) groups is 1. The van der Waals surface area contributed by atoms with E-state index in [1.807, 2.05) is 24.3 Å². The summed E-state index contributed by atoms with van der Waals surface area (Å²) in [5.74, 6) is 1.49. The number of para-hydroxylation sites is 1. The van der Waals surface area contributed by atoms with E-state index in [4.69, 9.17) is 26.8 Å². The minimum atomic E-state index is -0.729. The smallest absolute Gasteiger partial charge is 0.262 e. The third-order valence-corrected chi connectivity index (χ3v) is 6.63. The van der Waals surface area contributed by atoms with Crippen molar-refractivity contribution < 1.29 is 14.3 Å². The number of piperidine rings is 1. The first-order chi connectivity index (χ1) is 15.1. The predicted molar refractivity (Wildman–Crippen MR) is 122 cm³/mol. The average Bonchev–Trinajstić information content (AvgIpc) is 3.19. The summed E-state index contributed by atoms with van der Waals surface area (Å²) in [7, 11) is 0. The molecule has 1 aromatic heterocycles. The van der Waals surface area contributed by atoms with Crippen LogP contribution in [-0.2, 0) is 11.3 Å². The van der Waals surface area contributed by atoms with Gasteiger partial charge in [-0.15, -0.1) is 0 Å². The van der Waals surface area contributed by atoms with Gasteiger partial charge in [0, 0.05) is 36.4 Å². The van der Waals surface area contributed by atoms with E-state index in [0.717, 1.165) is 49.6 Å². The molecule has 0 bridgehead atoms. The van der Waals surface area contributed by atoms with Gasteiger partial charge < -0.3 is 24.7 Å². The van der Waals surface area contributed by atoms with Gasteiger partial charge in [-0.3, -0.25) is 4.79 Å². The second-order valence-electron chi connectivity index (χ2n) is 8.36. The van der Waals surface area contributed by atoms with Crippen LogP contribution in [0, 0.1) is 5.92 Å². The maximum Gasteiger partial charge on any atom is 0.262 e. The van der Waals surface area contributed by atoms with Crippen molar-refractivity contribution in [1.82, 2.24) is 4.57 Å². The van der Waals surface area contributed by atoms with Crippen LogP contribution >= 0.6 is 11.6 Å². The highest BCUT2D eigenvalue weighted by atomic mass is 35.5. The van der Waals surface area contributed by atoms with Crippen LogP contribution in [0.25, 0.3) is 10.9 Å². The Morgan fingerprint density at radius 3 is 2.81 bits per heavy atom. The zero-order chi connectivity index (χ0) is 21.4. The lowest BCUT2D eigenvalue weighted by Crippen LogP contribution is -2.41. The number of aryl methyl sites for hydroxylation is 1. The molecule has 7 heteroatoms. The third kappa shape index (κ3) is 4.04. The highest BCUT2D eigenvalue weighted by Gasteiger charge is 2.29. The third-order valence-electron chi connectivity index (χ3n) is 6.39. The van der Waals surface area contributed by atoms with E-state index in [2.05, 4.69) is 33.9 Å². The molecule has 1 amide bonds. The van der Waals surface area contributed by atoms with Crippen LogP contribution in [0.2, 0.25) is 5.02 Å². The van der Waals surface area contributed by atoms with Crippen LogP contribution < -0.4 is 20.1 Å². The Balaban J connectivity index is 1.21. The SMILES string of the molecule is NC(=O)C1COc2c(cccc2N2CCC(CCn3ccc4ccc(Cl)cc43)CC2)O1. The first-order valence-corrected chi connectivity index (χ1v) is 11.2. The Morgan fingerprint density at radius 2 is 2.00 bits per heavy atom. The molecule has 162 valence electrons. The minimum Gasteiger partial charge on any atom is -0.483 e. The van der Waals surface area contributed by atoms with E-state index in [9.17, 15) is 4.79 Å². The van der Waals surface area contributed by atoms with Gasteiger partial charge in [-0.2, -0.15) is 0 Å². The van der Waals surface area contributed by atoms with E-state index in [0.29, 0.717) is 17.4 Å². The Bertz CT molecular complexity index is 1100. The number of carbonyl (C=O) groups excluding carboxylic acids is 1. The van der Waals surface area contributed by atoms with Crippen LogP contribution in [0.1, 0.15) is 19.3 Å². The molecule has 0 spiro atoms. The summed E-state index contributed by atoms with van der Waals surface area (Å²) < 4.78 is 13.9. The highest BCUT2D eigenvalue weighted by molar-refractivity contribution is 6.31. The number of benzene rings is 2. The largest absolute Gasteiger partial charge is 0.483 e. The molecule has 2 N–H and O–H groups in total. The van der Waals surface area contributed by atoms with Gasteiger partial charge in [0.25, 0.3) is 5.91 Å². The Morgan fingerprint density at radius 1 is 1.16 bits per heavy atom. The molecule has 2 aliphatic heterocycles. The maximum absolute atomic E-state index is 11.4. The van der Waals surface area contributed by atoms with Gasteiger partial charge in [-0.05, 0) is 60.9 Å². The van der Waals surface area contributed by atoms with Crippen LogP contribution in [0.3, 0.4) is 0 Å². The van der Waals surface area contributed by atoms with Crippen LogP contribution in [-0.4, -0.2) is 36.3 Å². The molecule has 3 aromatic rings. The number of nitrogens with zero attached hydrogens (tertiary/aromatic N) is 2. The van der Waals surface area contributed by atoms with E-state index < -0.39 is 12.0 Å². The number of ether oxygens (including phenoxy) is 2. The van der Waals surface area contributed by atoms with Crippen molar-refractivity contribution in [2.24, 2.45) is 11.7 Å². The zero-order valence-electron chi connectivity index (χ0n) is 17.3. The molecule has 6 nitrogen and oxygen atoms in total. The number of rotatable bonds is 5. The molecule has 31 heavy (non-hydrogen) atoms. The number of amides is 1. The summed E-state index contributed by atoms with van der Waals surface area (Å²) in [6, 6.07) is 14.0. The summed E-state index contributed by atoms with van der Waals surface area (Å²) in [4.78, 5) is 13.8. The van der Waals surface area contributed by atoms with Gasteiger partial charge in [0.1, 0.15) is 6.61 Å². The number of primary amides is 1. The topological polar surface area (TPSA) is 69.7 Å². The van der Waals surface area contributed by atoms with Gasteiger partial charge >= 0.3 is 0 Å². The molecular formula is C24H26ClN3O3. The van der Waals surface area contributed by atoms with Gasteiger partial charge in [0.05, 0.1) is 5.69 Å². The molecule has 1 unspecified atom stereocenters. The van der Waals surface area contributed by atoms with Crippen molar-refractivity contribution in [3.63, 3.8) is 0 Å². The van der Waals surface area contributed by atoms with Crippen LogP contribution in [0.5, 0.6) is 11.5 Å². The van der Waals surface area contributed by atoms with E-state index >= 15 is 0 Å². The molecule has 0 saturated carbocycles. The molecular weight excluding hydrogens is 414 g/mol. The Labute approximate surface area is 186 Å². The molecule has 1 fully saturated rings. The molecule has 0 radical (unpaired) electrons. The van der Waals surface area contributed by atoms with Crippen LogP contribution in [0.15, 0.2) is 48.7 Å². The lowest BCUT2D eigenvalue weighted by atomic mass is 9.93. The number of fused-ring (bicyclic) bond motifs is 2. The standard InChI is InChI=1S/C24H26ClN3O3/c25-18-5-4-17-9-13-28(20(17)14-18)12-8-16-6-10-27(11-7-16)19-2-1-3-21-23(19)30-15-22(31-21)24(26)29/h1-5,9,13-14,16,22H,6-8,10-12,15H2,(H2,26,29). The fourth-order valence-electron chi connectivity index (χ4n) is 4.61. The average molecular weight is 440 g/mol. The summed E-state index contributed by atoms with van der Waals surface area (Å²) in [5.41, 5.74) is 7.59. The number of hydrogen-bond donors (Lipinski definition) is 1. The lowest BCUT2D eigenvalue weighted by molar-refractivity contribution is -0.126. The number of aromatic nitrogens is 1. The predicted octanol–water partition coefficient (Wildman–Crippen LogP) is 4.23. The zero-order valence-corrected chi connectivity index (χ0v) is 18.1. The highest BCUT2D eigenvalue weighted by Crippen LogP contribution is 2.42.